The number of amides is 1. The first-order valence-corrected chi connectivity index (χ1v) is 10.3. The number of carbonyl (C=O) groups excluding carboxylic acids is 1. The van der Waals surface area contributed by atoms with E-state index in [4.69, 9.17) is 0 Å². The van der Waals surface area contributed by atoms with Crippen LogP contribution in [-0.2, 0) is 4.79 Å². The molecule has 1 amide bonds. The molecule has 0 unspecified atom stereocenters. The van der Waals surface area contributed by atoms with Crippen molar-refractivity contribution in [3.63, 3.8) is 0 Å². The van der Waals surface area contributed by atoms with E-state index in [1.54, 1.807) is 4.90 Å². The topological polar surface area (TPSA) is 61.9 Å². The van der Waals surface area contributed by atoms with Gasteiger partial charge in [0, 0.05) is 16.9 Å². The molecule has 0 bridgehead atoms. The number of para-hydroxylation sites is 2. The van der Waals surface area contributed by atoms with E-state index < -0.39 is 0 Å². The van der Waals surface area contributed by atoms with E-state index >= 15 is 0 Å². The van der Waals surface area contributed by atoms with Gasteiger partial charge >= 0.3 is 0 Å². The number of carbonyl (C=O) groups is 1. The lowest BCUT2D eigenvalue weighted by Gasteiger charge is -2.22. The highest BCUT2D eigenvalue weighted by molar-refractivity contribution is 7.99. The summed E-state index contributed by atoms with van der Waals surface area (Å²) >= 11 is 1.32. The van der Waals surface area contributed by atoms with Crippen LogP contribution in [0.5, 0.6) is 0 Å². The largest absolute Gasteiger partial charge is 0.280 e. The molecular formula is C23H20N4OS. The van der Waals surface area contributed by atoms with Crippen molar-refractivity contribution >= 4 is 29.0 Å². The molecule has 4 rings (SSSR count). The zero-order valence-electron chi connectivity index (χ0n) is 15.9. The van der Waals surface area contributed by atoms with Gasteiger partial charge in [0.2, 0.25) is 11.1 Å². The molecule has 0 saturated heterocycles. The summed E-state index contributed by atoms with van der Waals surface area (Å²) in [4.78, 5) is 19.4. The van der Waals surface area contributed by atoms with Crippen molar-refractivity contribution in [1.29, 1.82) is 0 Å². The first-order chi connectivity index (χ1) is 14.2. The Morgan fingerprint density at radius 3 is 2.10 bits per heavy atom. The summed E-state index contributed by atoms with van der Waals surface area (Å²) in [5.74, 6) is 0.908. The van der Waals surface area contributed by atoms with Gasteiger partial charge in [0.25, 0.3) is 0 Å². The molecule has 6 heteroatoms. The Kier molecular flexibility index (Phi) is 5.72. The molecule has 0 aliphatic carbocycles. The number of thioether (sulfide) groups is 1. The number of hydrogen-bond donors (Lipinski definition) is 1. The summed E-state index contributed by atoms with van der Waals surface area (Å²) in [6.07, 6.45) is 0. The molecule has 3 aromatic carbocycles. The Hall–Kier alpha value is -3.38. The summed E-state index contributed by atoms with van der Waals surface area (Å²) in [7, 11) is 0. The van der Waals surface area contributed by atoms with Gasteiger partial charge in [-0.1, -0.05) is 72.4 Å². The van der Waals surface area contributed by atoms with Crippen molar-refractivity contribution in [3.05, 3.63) is 90.5 Å². The number of aryl methyl sites for hydroxylation is 1. The smallest absolute Gasteiger partial charge is 0.242 e. The number of nitrogens with one attached hydrogen (secondary N) is 1. The van der Waals surface area contributed by atoms with Gasteiger partial charge in [-0.25, -0.2) is 4.98 Å². The van der Waals surface area contributed by atoms with Crippen LogP contribution >= 0.6 is 11.8 Å². The summed E-state index contributed by atoms with van der Waals surface area (Å²) in [6, 6.07) is 27.3. The predicted octanol–water partition coefficient (Wildman–Crippen LogP) is 5.24. The maximum Gasteiger partial charge on any atom is 0.242 e. The molecule has 29 heavy (non-hydrogen) atoms. The van der Waals surface area contributed by atoms with Gasteiger partial charge in [-0.2, -0.15) is 0 Å². The van der Waals surface area contributed by atoms with E-state index in [2.05, 4.69) is 15.2 Å². The Bertz CT molecular complexity index is 1060. The van der Waals surface area contributed by atoms with Crippen molar-refractivity contribution in [2.75, 3.05) is 10.7 Å². The highest BCUT2D eigenvalue weighted by atomic mass is 32.2. The van der Waals surface area contributed by atoms with Gasteiger partial charge in [0.05, 0.1) is 5.75 Å². The van der Waals surface area contributed by atoms with E-state index in [1.807, 2.05) is 91.9 Å². The highest BCUT2D eigenvalue weighted by Crippen LogP contribution is 2.27. The lowest BCUT2D eigenvalue weighted by molar-refractivity contribution is -0.115. The molecule has 144 valence electrons. The third-order valence-corrected chi connectivity index (χ3v) is 5.30. The van der Waals surface area contributed by atoms with E-state index in [0.29, 0.717) is 11.0 Å². The number of H-pyrrole nitrogens is 1. The number of rotatable bonds is 6. The number of nitrogens with zero attached hydrogens (tertiary/aromatic N) is 3. The first kappa shape index (κ1) is 19.0. The molecule has 0 saturated carbocycles. The Labute approximate surface area is 173 Å². The van der Waals surface area contributed by atoms with Gasteiger partial charge in [-0.3, -0.25) is 14.8 Å². The van der Waals surface area contributed by atoms with E-state index in [1.165, 1.54) is 11.8 Å². The molecule has 1 N–H and O–H groups in total. The Morgan fingerprint density at radius 1 is 0.897 bits per heavy atom. The molecule has 0 aliphatic rings. The van der Waals surface area contributed by atoms with Gasteiger partial charge in [0.1, 0.15) is 0 Å². The minimum Gasteiger partial charge on any atom is -0.280 e. The lowest BCUT2D eigenvalue weighted by Crippen LogP contribution is -2.27. The van der Waals surface area contributed by atoms with Gasteiger partial charge in [-0.05, 0) is 36.8 Å². The number of hydrogen-bond acceptors (Lipinski definition) is 4. The zero-order valence-corrected chi connectivity index (χ0v) is 16.8. The molecule has 0 atom stereocenters. The molecule has 0 aliphatic heterocycles. The Balaban J connectivity index is 1.51. The van der Waals surface area contributed by atoms with Crippen molar-refractivity contribution in [2.45, 2.75) is 12.1 Å². The number of aromatic amines is 1. The van der Waals surface area contributed by atoms with Gasteiger partial charge in [0.15, 0.2) is 5.82 Å². The third-order valence-electron chi connectivity index (χ3n) is 4.47. The molecule has 5 nitrogen and oxygen atoms in total. The van der Waals surface area contributed by atoms with Crippen LogP contribution in [0.1, 0.15) is 5.56 Å². The molecule has 1 heterocycles. The fraction of sp³-hybridized carbons (Fsp3) is 0.0870. The molecule has 1 aromatic heterocycles. The molecule has 0 spiro atoms. The van der Waals surface area contributed by atoms with Crippen LogP contribution in [-0.4, -0.2) is 26.8 Å². The van der Waals surface area contributed by atoms with Crippen molar-refractivity contribution in [1.82, 2.24) is 15.2 Å². The van der Waals surface area contributed by atoms with Crippen molar-refractivity contribution in [2.24, 2.45) is 0 Å². The lowest BCUT2D eigenvalue weighted by atomic mass is 10.1. The summed E-state index contributed by atoms with van der Waals surface area (Å²) in [5.41, 5.74) is 3.80. The van der Waals surface area contributed by atoms with Crippen molar-refractivity contribution < 1.29 is 4.79 Å². The predicted molar refractivity (Wildman–Crippen MR) is 117 cm³/mol. The normalized spacial score (nSPS) is 10.7. The van der Waals surface area contributed by atoms with E-state index in [-0.39, 0.29) is 11.7 Å². The van der Waals surface area contributed by atoms with E-state index in [0.717, 1.165) is 22.5 Å². The second kappa shape index (κ2) is 8.75. The van der Waals surface area contributed by atoms with Crippen LogP contribution in [0.15, 0.2) is 90.1 Å². The minimum atomic E-state index is -0.0327. The van der Waals surface area contributed by atoms with Crippen LogP contribution in [0, 0.1) is 6.92 Å². The van der Waals surface area contributed by atoms with Crippen LogP contribution < -0.4 is 4.90 Å². The minimum absolute atomic E-state index is 0.0327. The average molecular weight is 401 g/mol. The Morgan fingerprint density at radius 2 is 1.48 bits per heavy atom. The van der Waals surface area contributed by atoms with E-state index in [9.17, 15) is 4.79 Å². The standard InChI is InChI=1S/C23H20N4OS/c1-17-10-8-9-15-20(17)22-24-23(26-25-22)29-16-21(28)27(18-11-4-2-5-12-18)19-13-6-3-7-14-19/h2-15H,16H2,1H3,(H,24,25,26). The SMILES string of the molecule is Cc1ccccc1-c1nc(SCC(=O)N(c2ccccc2)c2ccccc2)n[nH]1. The second-order valence-electron chi connectivity index (χ2n) is 6.47. The zero-order chi connectivity index (χ0) is 20.1. The number of anilines is 2. The van der Waals surface area contributed by atoms with Crippen LogP contribution in [0.25, 0.3) is 11.4 Å². The maximum atomic E-state index is 13.1. The fourth-order valence-corrected chi connectivity index (χ4v) is 3.70. The third kappa shape index (κ3) is 4.38. The number of benzene rings is 3. The summed E-state index contributed by atoms with van der Waals surface area (Å²) < 4.78 is 0. The van der Waals surface area contributed by atoms with Crippen molar-refractivity contribution in [3.8, 4) is 11.4 Å². The number of aromatic nitrogens is 3. The molecule has 0 radical (unpaired) electrons. The quantitative estimate of drug-likeness (QED) is 0.450. The summed E-state index contributed by atoms with van der Waals surface area (Å²) in [5, 5.41) is 7.79. The monoisotopic (exact) mass is 400 g/mol. The second-order valence-corrected chi connectivity index (χ2v) is 7.41. The molecular weight excluding hydrogens is 380 g/mol. The molecule has 4 aromatic rings. The fourth-order valence-electron chi connectivity index (χ4n) is 3.05. The highest BCUT2D eigenvalue weighted by Gasteiger charge is 2.19. The average Bonchev–Trinajstić information content (AvgIpc) is 3.23. The van der Waals surface area contributed by atoms with Crippen LogP contribution in [0.4, 0.5) is 11.4 Å². The maximum absolute atomic E-state index is 13.1. The summed E-state index contributed by atoms with van der Waals surface area (Å²) in [6.45, 7) is 2.03. The van der Waals surface area contributed by atoms with Gasteiger partial charge in [-0.15, -0.1) is 5.10 Å². The first-order valence-electron chi connectivity index (χ1n) is 9.26. The van der Waals surface area contributed by atoms with Crippen LogP contribution in [0.2, 0.25) is 0 Å². The van der Waals surface area contributed by atoms with Crippen LogP contribution in [0.3, 0.4) is 0 Å². The van der Waals surface area contributed by atoms with Gasteiger partial charge < -0.3 is 0 Å². The molecule has 0 fully saturated rings.